The summed E-state index contributed by atoms with van der Waals surface area (Å²) in [5.41, 5.74) is 0.816. The van der Waals surface area contributed by atoms with Crippen LogP contribution in [0.3, 0.4) is 0 Å². The molecule has 0 saturated carbocycles. The van der Waals surface area contributed by atoms with Crippen LogP contribution in [0.25, 0.3) is 10.8 Å². The molecule has 1 atom stereocenters. The van der Waals surface area contributed by atoms with Crippen molar-refractivity contribution in [3.8, 4) is 0 Å². The Balaban J connectivity index is 1.43. The highest BCUT2D eigenvalue weighted by atomic mass is 16.3. The number of rotatable bonds is 5. The van der Waals surface area contributed by atoms with Crippen LogP contribution in [0.4, 0.5) is 10.5 Å². The summed E-state index contributed by atoms with van der Waals surface area (Å²) < 4.78 is 5.60. The SMILES string of the molecule is O=C(NC[C@H](c1ccco1)N1CCCC1)Nc1cccc2ccccc12. The summed E-state index contributed by atoms with van der Waals surface area (Å²) in [7, 11) is 0. The van der Waals surface area contributed by atoms with Crippen molar-refractivity contribution < 1.29 is 9.21 Å². The first-order valence-corrected chi connectivity index (χ1v) is 9.11. The van der Waals surface area contributed by atoms with Crippen LogP contribution in [0.1, 0.15) is 24.6 Å². The lowest BCUT2D eigenvalue weighted by molar-refractivity contribution is 0.207. The van der Waals surface area contributed by atoms with Crippen molar-refractivity contribution in [2.75, 3.05) is 25.0 Å². The minimum absolute atomic E-state index is 0.0748. The smallest absolute Gasteiger partial charge is 0.319 e. The van der Waals surface area contributed by atoms with Gasteiger partial charge in [0.05, 0.1) is 18.0 Å². The molecule has 1 aliphatic rings. The number of benzene rings is 2. The second-order valence-electron chi connectivity index (χ2n) is 6.64. The van der Waals surface area contributed by atoms with Gasteiger partial charge in [0, 0.05) is 11.9 Å². The molecule has 0 bridgehead atoms. The average Bonchev–Trinajstić information content (AvgIpc) is 3.37. The van der Waals surface area contributed by atoms with Gasteiger partial charge in [0.25, 0.3) is 0 Å². The summed E-state index contributed by atoms with van der Waals surface area (Å²) in [5, 5.41) is 8.13. The third kappa shape index (κ3) is 3.58. The van der Waals surface area contributed by atoms with Crippen molar-refractivity contribution in [1.82, 2.24) is 10.2 Å². The van der Waals surface area contributed by atoms with E-state index in [2.05, 4.69) is 15.5 Å². The Bertz CT molecular complexity index is 865. The maximum absolute atomic E-state index is 12.5. The molecule has 2 aromatic carbocycles. The van der Waals surface area contributed by atoms with Gasteiger partial charge in [-0.1, -0.05) is 36.4 Å². The van der Waals surface area contributed by atoms with Gasteiger partial charge in [-0.05, 0) is 49.5 Å². The predicted molar refractivity (Wildman–Crippen MR) is 103 cm³/mol. The van der Waals surface area contributed by atoms with E-state index in [0.29, 0.717) is 6.54 Å². The second kappa shape index (κ2) is 7.62. The number of hydrogen-bond acceptors (Lipinski definition) is 3. The molecule has 0 radical (unpaired) electrons. The van der Waals surface area contributed by atoms with Crippen molar-refractivity contribution >= 4 is 22.5 Å². The average molecular weight is 349 g/mol. The van der Waals surface area contributed by atoms with Crippen LogP contribution < -0.4 is 10.6 Å². The lowest BCUT2D eigenvalue weighted by atomic mass is 10.1. The summed E-state index contributed by atoms with van der Waals surface area (Å²) >= 11 is 0. The molecule has 0 aliphatic carbocycles. The van der Waals surface area contributed by atoms with E-state index in [0.717, 1.165) is 35.3 Å². The Morgan fingerprint density at radius 2 is 1.85 bits per heavy atom. The molecule has 0 unspecified atom stereocenters. The first kappa shape index (κ1) is 16.7. The Labute approximate surface area is 153 Å². The van der Waals surface area contributed by atoms with Crippen LogP contribution in [0, 0.1) is 0 Å². The predicted octanol–water partition coefficient (Wildman–Crippen LogP) is 4.39. The molecule has 2 heterocycles. The fourth-order valence-corrected chi connectivity index (χ4v) is 3.63. The van der Waals surface area contributed by atoms with Crippen LogP contribution >= 0.6 is 0 Å². The zero-order valence-electron chi connectivity index (χ0n) is 14.7. The van der Waals surface area contributed by atoms with Gasteiger partial charge in [-0.25, -0.2) is 4.79 Å². The van der Waals surface area contributed by atoms with Gasteiger partial charge in [0.15, 0.2) is 0 Å². The lowest BCUT2D eigenvalue weighted by Crippen LogP contribution is -2.38. The molecule has 1 aliphatic heterocycles. The molecule has 3 aromatic rings. The van der Waals surface area contributed by atoms with Crippen molar-refractivity contribution in [2.45, 2.75) is 18.9 Å². The zero-order chi connectivity index (χ0) is 17.8. The number of urea groups is 1. The van der Waals surface area contributed by atoms with E-state index in [1.165, 1.54) is 12.8 Å². The van der Waals surface area contributed by atoms with Gasteiger partial charge in [-0.3, -0.25) is 4.90 Å². The highest BCUT2D eigenvalue weighted by molar-refractivity contribution is 6.01. The van der Waals surface area contributed by atoms with E-state index in [1.54, 1.807) is 6.26 Å². The quantitative estimate of drug-likeness (QED) is 0.718. The van der Waals surface area contributed by atoms with E-state index in [4.69, 9.17) is 4.42 Å². The Hall–Kier alpha value is -2.79. The van der Waals surface area contributed by atoms with Crippen LogP contribution in [-0.4, -0.2) is 30.6 Å². The molecule has 5 nitrogen and oxygen atoms in total. The fourth-order valence-electron chi connectivity index (χ4n) is 3.63. The minimum atomic E-state index is -0.197. The highest BCUT2D eigenvalue weighted by Crippen LogP contribution is 2.25. The minimum Gasteiger partial charge on any atom is -0.468 e. The maximum atomic E-state index is 12.5. The Morgan fingerprint density at radius 1 is 1.04 bits per heavy atom. The fraction of sp³-hybridized carbons (Fsp3) is 0.286. The van der Waals surface area contributed by atoms with Crippen molar-refractivity contribution in [3.63, 3.8) is 0 Å². The number of furan rings is 1. The largest absolute Gasteiger partial charge is 0.468 e. The number of likely N-dealkylation sites (tertiary alicyclic amines) is 1. The summed E-state index contributed by atoms with van der Waals surface area (Å²) in [6.45, 7) is 2.60. The van der Waals surface area contributed by atoms with Crippen LogP contribution in [0.5, 0.6) is 0 Å². The second-order valence-corrected chi connectivity index (χ2v) is 6.64. The molecule has 4 rings (SSSR count). The third-order valence-corrected chi connectivity index (χ3v) is 4.95. The van der Waals surface area contributed by atoms with Gasteiger partial charge in [-0.15, -0.1) is 0 Å². The molecule has 134 valence electrons. The highest BCUT2D eigenvalue weighted by Gasteiger charge is 2.25. The van der Waals surface area contributed by atoms with Gasteiger partial charge in [0.1, 0.15) is 5.76 Å². The number of fused-ring (bicyclic) bond motifs is 1. The van der Waals surface area contributed by atoms with E-state index in [9.17, 15) is 4.79 Å². The number of hydrogen-bond donors (Lipinski definition) is 2. The van der Waals surface area contributed by atoms with E-state index >= 15 is 0 Å². The van der Waals surface area contributed by atoms with Crippen molar-refractivity contribution in [3.05, 3.63) is 66.6 Å². The molecule has 2 N–H and O–H groups in total. The van der Waals surface area contributed by atoms with Crippen LogP contribution in [0.15, 0.2) is 65.3 Å². The molecular formula is C21H23N3O2. The van der Waals surface area contributed by atoms with Gasteiger partial charge in [0.2, 0.25) is 0 Å². The maximum Gasteiger partial charge on any atom is 0.319 e. The molecule has 1 saturated heterocycles. The number of carbonyl (C=O) groups excluding carboxylic acids is 1. The number of carbonyl (C=O) groups is 1. The topological polar surface area (TPSA) is 57.5 Å². The Kier molecular flexibility index (Phi) is 4.88. The van der Waals surface area contributed by atoms with Crippen LogP contribution in [-0.2, 0) is 0 Å². The molecule has 2 amide bonds. The van der Waals surface area contributed by atoms with Crippen LogP contribution in [0.2, 0.25) is 0 Å². The van der Waals surface area contributed by atoms with E-state index in [1.807, 2.05) is 54.6 Å². The monoisotopic (exact) mass is 349 g/mol. The first-order valence-electron chi connectivity index (χ1n) is 9.11. The Morgan fingerprint density at radius 3 is 2.65 bits per heavy atom. The lowest BCUT2D eigenvalue weighted by Gasteiger charge is -2.26. The molecule has 1 aromatic heterocycles. The van der Waals surface area contributed by atoms with Crippen molar-refractivity contribution in [2.24, 2.45) is 0 Å². The van der Waals surface area contributed by atoms with E-state index < -0.39 is 0 Å². The number of nitrogens with zero attached hydrogens (tertiary/aromatic N) is 1. The van der Waals surface area contributed by atoms with Gasteiger partial charge >= 0.3 is 6.03 Å². The van der Waals surface area contributed by atoms with Gasteiger partial charge in [-0.2, -0.15) is 0 Å². The number of amides is 2. The first-order chi connectivity index (χ1) is 12.8. The summed E-state index contributed by atoms with van der Waals surface area (Å²) in [5.74, 6) is 0.900. The standard InChI is InChI=1S/C21H23N3O2/c25-21(23-18-10-5-8-16-7-1-2-9-17(16)18)22-15-19(20-11-6-14-26-20)24-12-3-4-13-24/h1-2,5-11,14,19H,3-4,12-13,15H2,(H2,22,23,25)/t19-/m1/s1. The molecule has 26 heavy (non-hydrogen) atoms. The third-order valence-electron chi connectivity index (χ3n) is 4.95. The number of nitrogens with one attached hydrogen (secondary N) is 2. The summed E-state index contributed by atoms with van der Waals surface area (Å²) in [6, 6.07) is 17.7. The summed E-state index contributed by atoms with van der Waals surface area (Å²) in [4.78, 5) is 14.8. The number of anilines is 1. The van der Waals surface area contributed by atoms with Crippen molar-refractivity contribution in [1.29, 1.82) is 0 Å². The molecule has 1 fully saturated rings. The summed E-state index contributed by atoms with van der Waals surface area (Å²) in [6.07, 6.45) is 4.08. The molecule has 0 spiro atoms. The van der Waals surface area contributed by atoms with E-state index in [-0.39, 0.29) is 12.1 Å². The molecular weight excluding hydrogens is 326 g/mol. The normalized spacial score (nSPS) is 15.8. The molecule has 5 heteroatoms. The van der Waals surface area contributed by atoms with Gasteiger partial charge < -0.3 is 15.1 Å². The zero-order valence-corrected chi connectivity index (χ0v) is 14.7.